The van der Waals surface area contributed by atoms with Crippen LogP contribution in [0.5, 0.6) is 11.5 Å². The van der Waals surface area contributed by atoms with Gasteiger partial charge in [-0.1, -0.05) is 23.7 Å². The van der Waals surface area contributed by atoms with Gasteiger partial charge in [0.25, 0.3) is 15.9 Å². The normalized spacial score (nSPS) is 11.4. The minimum Gasteiger partial charge on any atom is -0.494 e. The predicted octanol–water partition coefficient (Wildman–Crippen LogP) is 5.57. The van der Waals surface area contributed by atoms with Crippen molar-refractivity contribution in [3.63, 3.8) is 0 Å². The molecule has 0 radical (unpaired) electrons. The molecule has 0 aromatic heterocycles. The highest BCUT2D eigenvalue weighted by molar-refractivity contribution is 7.93. The van der Waals surface area contributed by atoms with E-state index in [0.717, 1.165) is 9.87 Å². The van der Waals surface area contributed by atoms with Crippen molar-refractivity contribution in [1.29, 1.82) is 0 Å². The van der Waals surface area contributed by atoms with Crippen molar-refractivity contribution in [2.75, 3.05) is 17.5 Å². The van der Waals surface area contributed by atoms with Gasteiger partial charge in [0.05, 0.1) is 23.8 Å². The molecule has 3 aromatic rings. The Kier molecular flexibility index (Phi) is 8.14. The van der Waals surface area contributed by atoms with E-state index >= 15 is 0 Å². The van der Waals surface area contributed by atoms with Crippen LogP contribution in [0.2, 0.25) is 5.02 Å². The summed E-state index contributed by atoms with van der Waals surface area (Å²) in [5, 5.41) is 0.392. The first kappa shape index (κ1) is 24.4. The van der Waals surface area contributed by atoms with Crippen LogP contribution in [-0.4, -0.2) is 27.5 Å². The molecule has 8 heteroatoms. The number of carbonyl (C=O) groups excluding carboxylic acids is 1. The van der Waals surface area contributed by atoms with Gasteiger partial charge in [0, 0.05) is 11.1 Å². The third kappa shape index (κ3) is 6.15. The monoisotopic (exact) mass is 485 g/mol. The molecule has 3 aromatic carbocycles. The number of amides is 1. The molecule has 0 bridgehead atoms. The van der Waals surface area contributed by atoms with E-state index in [-0.39, 0.29) is 10.6 Å². The second kappa shape index (κ2) is 11.0. The van der Waals surface area contributed by atoms with Crippen molar-refractivity contribution in [1.82, 2.24) is 0 Å². The van der Waals surface area contributed by atoms with Crippen molar-refractivity contribution in [2.45, 2.75) is 18.7 Å². The maximum atomic E-state index is 13.4. The molecule has 0 aliphatic carbocycles. The Balaban J connectivity index is 1.96. The van der Waals surface area contributed by atoms with E-state index in [2.05, 4.69) is 0 Å². The van der Waals surface area contributed by atoms with E-state index in [4.69, 9.17) is 21.1 Å². The molecule has 0 fully saturated rings. The zero-order valence-corrected chi connectivity index (χ0v) is 19.8. The van der Waals surface area contributed by atoms with E-state index in [9.17, 15) is 13.2 Å². The van der Waals surface area contributed by atoms with Crippen LogP contribution in [0.1, 0.15) is 19.4 Å². The lowest BCUT2D eigenvalue weighted by molar-refractivity contribution is -0.113. The molecule has 1 amide bonds. The average molecular weight is 486 g/mol. The third-order valence-electron chi connectivity index (χ3n) is 4.54. The molecule has 6 nitrogen and oxygen atoms in total. The van der Waals surface area contributed by atoms with E-state index in [1.54, 1.807) is 42.5 Å². The summed E-state index contributed by atoms with van der Waals surface area (Å²) in [4.78, 5) is 13.1. The van der Waals surface area contributed by atoms with E-state index in [0.29, 0.717) is 29.7 Å². The summed E-state index contributed by atoms with van der Waals surface area (Å²) in [7, 11) is -4.20. The summed E-state index contributed by atoms with van der Waals surface area (Å²) in [6, 6.07) is 19.1. The molecule has 0 aliphatic heterocycles. The zero-order chi connectivity index (χ0) is 23.8. The van der Waals surface area contributed by atoms with Gasteiger partial charge >= 0.3 is 0 Å². The fraction of sp³-hybridized carbons (Fsp3) is 0.160. The van der Waals surface area contributed by atoms with Crippen LogP contribution >= 0.6 is 11.6 Å². The van der Waals surface area contributed by atoms with Crippen LogP contribution in [0.4, 0.5) is 5.69 Å². The molecule has 0 aliphatic rings. The Bertz CT molecular complexity index is 1210. The Morgan fingerprint density at radius 2 is 1.36 bits per heavy atom. The van der Waals surface area contributed by atoms with Crippen LogP contribution in [0.3, 0.4) is 0 Å². The van der Waals surface area contributed by atoms with Gasteiger partial charge in [0.2, 0.25) is 0 Å². The van der Waals surface area contributed by atoms with Crippen molar-refractivity contribution >= 4 is 39.3 Å². The van der Waals surface area contributed by atoms with Crippen molar-refractivity contribution in [2.24, 2.45) is 0 Å². The summed E-state index contributed by atoms with van der Waals surface area (Å²) < 4.78 is 38.4. The van der Waals surface area contributed by atoms with Crippen LogP contribution in [0, 0.1) is 0 Å². The van der Waals surface area contributed by atoms with E-state index in [1.165, 1.54) is 42.5 Å². The van der Waals surface area contributed by atoms with Crippen molar-refractivity contribution in [3.8, 4) is 11.5 Å². The van der Waals surface area contributed by atoms with Crippen LogP contribution in [0.15, 0.2) is 83.8 Å². The Morgan fingerprint density at radius 3 is 1.88 bits per heavy atom. The number of nitrogens with zero attached hydrogens (tertiary/aromatic N) is 1. The second-order valence-corrected chi connectivity index (χ2v) is 9.05. The lowest BCUT2D eigenvalue weighted by Gasteiger charge is -2.21. The number of rotatable bonds is 9. The smallest absolute Gasteiger partial charge is 0.271 e. The van der Waals surface area contributed by atoms with Crippen LogP contribution < -0.4 is 13.8 Å². The average Bonchev–Trinajstić information content (AvgIpc) is 2.80. The van der Waals surface area contributed by atoms with Crippen molar-refractivity contribution < 1.29 is 22.7 Å². The van der Waals surface area contributed by atoms with Gasteiger partial charge in [0.15, 0.2) is 0 Å². The first-order valence-corrected chi connectivity index (χ1v) is 12.2. The highest BCUT2D eigenvalue weighted by Crippen LogP contribution is 2.27. The maximum Gasteiger partial charge on any atom is 0.271 e. The number of hydrogen-bond acceptors (Lipinski definition) is 5. The molecule has 3 rings (SSSR count). The van der Waals surface area contributed by atoms with Gasteiger partial charge in [-0.05, 0) is 86.2 Å². The van der Waals surface area contributed by atoms with Gasteiger partial charge in [-0.25, -0.2) is 8.42 Å². The molecular formula is C25H24ClNO5S. The minimum absolute atomic E-state index is 0.0522. The molecule has 0 saturated carbocycles. The summed E-state index contributed by atoms with van der Waals surface area (Å²) in [5.41, 5.74) is 0.914. The largest absolute Gasteiger partial charge is 0.494 e. The highest BCUT2D eigenvalue weighted by atomic mass is 35.5. The molecule has 172 valence electrons. The number of carbonyl (C=O) groups is 1. The molecule has 0 heterocycles. The summed E-state index contributed by atoms with van der Waals surface area (Å²) in [6.07, 6.45) is 2.77. The van der Waals surface area contributed by atoms with E-state index < -0.39 is 15.9 Å². The number of benzene rings is 3. The lowest BCUT2D eigenvalue weighted by atomic mass is 10.2. The summed E-state index contributed by atoms with van der Waals surface area (Å²) in [6.45, 7) is 4.76. The SMILES string of the molecule is CCOc1ccc(/C=C/C(=O)N(c2ccc(OCC)cc2)S(=O)(=O)c2ccc(Cl)cc2)cc1. The Labute approximate surface area is 199 Å². The topological polar surface area (TPSA) is 72.9 Å². The molecule has 0 saturated heterocycles. The summed E-state index contributed by atoms with van der Waals surface area (Å²) in [5.74, 6) is 0.563. The van der Waals surface area contributed by atoms with Crippen LogP contribution in [-0.2, 0) is 14.8 Å². The third-order valence-corrected chi connectivity index (χ3v) is 6.54. The standard InChI is InChI=1S/C25H24ClNO5S/c1-3-31-22-12-5-19(6-13-22)7-18-25(28)27(21-10-14-23(15-11-21)32-4-2)33(29,30)24-16-8-20(26)9-17-24/h5-18H,3-4H2,1-2H3/b18-7+. The zero-order valence-electron chi connectivity index (χ0n) is 18.3. The van der Waals surface area contributed by atoms with Gasteiger partial charge in [-0.15, -0.1) is 0 Å². The molecule has 0 atom stereocenters. The number of halogens is 1. The van der Waals surface area contributed by atoms with Gasteiger partial charge in [-0.3, -0.25) is 4.79 Å². The van der Waals surface area contributed by atoms with Gasteiger partial charge in [0.1, 0.15) is 11.5 Å². The number of ether oxygens (including phenoxy) is 2. The quantitative estimate of drug-likeness (QED) is 0.370. The van der Waals surface area contributed by atoms with Crippen LogP contribution in [0.25, 0.3) is 6.08 Å². The second-order valence-electron chi connectivity index (χ2n) is 6.82. The Morgan fingerprint density at radius 1 is 0.848 bits per heavy atom. The Hall–Kier alpha value is -3.29. The summed E-state index contributed by atoms with van der Waals surface area (Å²) >= 11 is 5.91. The number of sulfonamides is 1. The molecule has 0 unspecified atom stereocenters. The molecular weight excluding hydrogens is 462 g/mol. The minimum atomic E-state index is -4.20. The predicted molar refractivity (Wildman–Crippen MR) is 130 cm³/mol. The fourth-order valence-electron chi connectivity index (χ4n) is 3.02. The molecule has 0 N–H and O–H groups in total. The highest BCUT2D eigenvalue weighted by Gasteiger charge is 2.29. The maximum absolute atomic E-state index is 13.4. The van der Waals surface area contributed by atoms with E-state index in [1.807, 2.05) is 13.8 Å². The number of hydrogen-bond donors (Lipinski definition) is 0. The number of anilines is 1. The van der Waals surface area contributed by atoms with Crippen molar-refractivity contribution in [3.05, 3.63) is 89.5 Å². The van der Waals surface area contributed by atoms with Gasteiger partial charge in [-0.2, -0.15) is 4.31 Å². The fourth-order valence-corrected chi connectivity index (χ4v) is 4.53. The first-order chi connectivity index (χ1) is 15.8. The van der Waals surface area contributed by atoms with Gasteiger partial charge < -0.3 is 9.47 Å². The molecule has 33 heavy (non-hydrogen) atoms. The molecule has 0 spiro atoms. The first-order valence-electron chi connectivity index (χ1n) is 10.3. The lowest BCUT2D eigenvalue weighted by Crippen LogP contribution is -2.35.